The Morgan fingerprint density at radius 1 is 1.14 bits per heavy atom. The van der Waals surface area contributed by atoms with Crippen LogP contribution in [-0.2, 0) is 38.6 Å². The maximum atomic E-state index is 11.3. The van der Waals surface area contributed by atoms with Gasteiger partial charge in [0.25, 0.3) is 0 Å². The van der Waals surface area contributed by atoms with E-state index in [1.54, 1.807) is 18.2 Å². The zero-order chi connectivity index (χ0) is 16.4. The summed E-state index contributed by atoms with van der Waals surface area (Å²) in [5.74, 6) is -0.994. The van der Waals surface area contributed by atoms with Crippen molar-refractivity contribution in [1.29, 1.82) is 0 Å². The summed E-state index contributed by atoms with van der Waals surface area (Å²) in [6, 6.07) is 3.22. The van der Waals surface area contributed by atoms with E-state index in [9.17, 15) is 9.90 Å². The molecule has 0 atom stereocenters. The Kier molecular flexibility index (Phi) is 8.39. The first kappa shape index (κ1) is 18.3. The molecule has 6 heteroatoms. The fraction of sp³-hybridized carbons (Fsp3) is 0.438. The predicted molar refractivity (Wildman–Crippen MR) is 80.6 cm³/mol. The molecule has 0 aliphatic rings. The molecule has 0 radical (unpaired) electrons. The summed E-state index contributed by atoms with van der Waals surface area (Å²) in [4.78, 5) is 11.3. The number of hydrogen-bond donors (Lipinski definition) is 1. The maximum Gasteiger partial charge on any atom is 0.335 e. The number of hydrogen-bond acceptors (Lipinski definition) is 5. The summed E-state index contributed by atoms with van der Waals surface area (Å²) in [6.07, 6.45) is 2.35. The van der Waals surface area contributed by atoms with Gasteiger partial charge in [0.1, 0.15) is 13.6 Å². The number of methoxy groups -OCH3 is 2. The first-order chi connectivity index (χ1) is 10.6. The normalized spacial score (nSPS) is 10.6. The topological polar surface area (TPSA) is 74.2 Å². The average molecular weight is 310 g/mol. The van der Waals surface area contributed by atoms with Gasteiger partial charge in [0.2, 0.25) is 0 Å². The quantitative estimate of drug-likeness (QED) is 0.384. The van der Waals surface area contributed by atoms with E-state index in [1.807, 2.05) is 0 Å². The van der Waals surface area contributed by atoms with Crippen LogP contribution in [0.25, 0.3) is 0 Å². The number of allylic oxidation sites excluding steroid dienone is 1. The lowest BCUT2D eigenvalue weighted by molar-refractivity contribution is -0.0410. The van der Waals surface area contributed by atoms with Crippen LogP contribution in [0.5, 0.6) is 0 Å². The number of aromatic carboxylic acids is 1. The van der Waals surface area contributed by atoms with E-state index in [0.29, 0.717) is 6.42 Å². The van der Waals surface area contributed by atoms with E-state index in [0.717, 1.165) is 16.7 Å². The monoisotopic (exact) mass is 310 g/mol. The highest BCUT2D eigenvalue weighted by molar-refractivity contribution is 5.88. The van der Waals surface area contributed by atoms with Gasteiger partial charge in [-0.15, -0.1) is 6.58 Å². The number of carboxylic acid groups (broad SMARTS) is 1. The molecule has 0 spiro atoms. The second-order valence-electron chi connectivity index (χ2n) is 4.58. The molecule has 1 aromatic carbocycles. The van der Waals surface area contributed by atoms with Crippen LogP contribution < -0.4 is 0 Å². The molecule has 0 bridgehead atoms. The average Bonchev–Trinajstić information content (AvgIpc) is 2.50. The van der Waals surface area contributed by atoms with Crippen LogP contribution in [0, 0.1) is 0 Å². The predicted octanol–water partition coefficient (Wildman–Crippen LogP) is 2.35. The van der Waals surface area contributed by atoms with E-state index in [4.69, 9.17) is 18.9 Å². The summed E-state index contributed by atoms with van der Waals surface area (Å²) in [6.45, 7) is 4.54. The number of carbonyl (C=O) groups is 1. The van der Waals surface area contributed by atoms with Gasteiger partial charge in [0.05, 0.1) is 18.8 Å². The highest BCUT2D eigenvalue weighted by atomic mass is 16.7. The Bertz CT molecular complexity index is 466. The molecule has 22 heavy (non-hydrogen) atoms. The van der Waals surface area contributed by atoms with E-state index in [1.165, 1.54) is 14.2 Å². The van der Waals surface area contributed by atoms with Gasteiger partial charge in [-0.05, 0) is 35.2 Å². The van der Waals surface area contributed by atoms with E-state index < -0.39 is 5.97 Å². The highest BCUT2D eigenvalue weighted by Crippen LogP contribution is 2.21. The maximum absolute atomic E-state index is 11.3. The van der Waals surface area contributed by atoms with E-state index in [2.05, 4.69) is 6.58 Å². The van der Waals surface area contributed by atoms with Gasteiger partial charge < -0.3 is 24.1 Å². The third-order valence-electron chi connectivity index (χ3n) is 2.95. The highest BCUT2D eigenvalue weighted by Gasteiger charge is 2.14. The SMILES string of the molecule is C=CCc1c(COCOC)cc(C(=O)O)cc1COCOC. The molecule has 0 aromatic heterocycles. The first-order valence-electron chi connectivity index (χ1n) is 6.76. The van der Waals surface area contributed by atoms with Crippen molar-refractivity contribution in [3.63, 3.8) is 0 Å². The number of carboxylic acids is 1. The van der Waals surface area contributed by atoms with E-state index in [-0.39, 0.29) is 32.4 Å². The van der Waals surface area contributed by atoms with Crippen molar-refractivity contribution < 1.29 is 28.8 Å². The van der Waals surface area contributed by atoms with Gasteiger partial charge in [0, 0.05) is 14.2 Å². The molecule has 1 N–H and O–H groups in total. The van der Waals surface area contributed by atoms with E-state index >= 15 is 0 Å². The van der Waals surface area contributed by atoms with Crippen LogP contribution in [-0.4, -0.2) is 38.9 Å². The van der Waals surface area contributed by atoms with Gasteiger partial charge in [-0.2, -0.15) is 0 Å². The smallest absolute Gasteiger partial charge is 0.335 e. The van der Waals surface area contributed by atoms with Crippen LogP contribution in [0.4, 0.5) is 0 Å². The lowest BCUT2D eigenvalue weighted by Gasteiger charge is -2.15. The van der Waals surface area contributed by atoms with Gasteiger partial charge in [-0.1, -0.05) is 6.08 Å². The Morgan fingerprint density at radius 3 is 2.00 bits per heavy atom. The molecule has 0 aliphatic heterocycles. The fourth-order valence-electron chi connectivity index (χ4n) is 2.06. The third kappa shape index (κ3) is 5.57. The summed E-state index contributed by atoms with van der Waals surface area (Å²) in [7, 11) is 3.06. The van der Waals surface area contributed by atoms with Crippen molar-refractivity contribution in [2.75, 3.05) is 27.8 Å². The summed E-state index contributed by atoms with van der Waals surface area (Å²) < 4.78 is 20.4. The second-order valence-corrected chi connectivity index (χ2v) is 4.58. The molecule has 0 aliphatic carbocycles. The van der Waals surface area contributed by atoms with Crippen LogP contribution in [0.15, 0.2) is 24.8 Å². The molecule has 0 saturated carbocycles. The van der Waals surface area contributed by atoms with Gasteiger partial charge in [-0.25, -0.2) is 4.79 Å². The molecule has 122 valence electrons. The van der Waals surface area contributed by atoms with Crippen LogP contribution in [0.1, 0.15) is 27.0 Å². The minimum Gasteiger partial charge on any atom is -0.478 e. The summed E-state index contributed by atoms with van der Waals surface area (Å²) >= 11 is 0. The Hall–Kier alpha value is -1.73. The van der Waals surface area contributed by atoms with Crippen molar-refractivity contribution in [2.24, 2.45) is 0 Å². The second kappa shape index (κ2) is 10.1. The third-order valence-corrected chi connectivity index (χ3v) is 2.95. The number of benzene rings is 1. The van der Waals surface area contributed by atoms with Crippen molar-refractivity contribution in [2.45, 2.75) is 19.6 Å². The molecule has 0 heterocycles. The summed E-state index contributed by atoms with van der Waals surface area (Å²) in [5.41, 5.74) is 2.72. The minimum absolute atomic E-state index is 0.139. The van der Waals surface area contributed by atoms with Crippen LogP contribution in [0.3, 0.4) is 0 Å². The molecular weight excluding hydrogens is 288 g/mol. The molecule has 1 rings (SSSR count). The lowest BCUT2D eigenvalue weighted by Crippen LogP contribution is -2.09. The summed E-state index contributed by atoms with van der Waals surface area (Å²) in [5, 5.41) is 9.25. The molecule has 0 amide bonds. The van der Waals surface area contributed by atoms with Crippen molar-refractivity contribution >= 4 is 5.97 Å². The lowest BCUT2D eigenvalue weighted by atomic mass is 9.95. The minimum atomic E-state index is -0.994. The van der Waals surface area contributed by atoms with Gasteiger partial charge in [0.15, 0.2) is 0 Å². The standard InChI is InChI=1S/C16H22O6/c1-4-5-15-13(8-21-10-19-2)6-12(16(17)18)7-14(15)9-22-11-20-3/h4,6-7H,1,5,8-11H2,2-3H3,(H,17,18). The fourth-order valence-corrected chi connectivity index (χ4v) is 2.06. The van der Waals surface area contributed by atoms with Gasteiger partial charge in [-0.3, -0.25) is 0 Å². The Balaban J connectivity index is 3.12. The largest absolute Gasteiger partial charge is 0.478 e. The van der Waals surface area contributed by atoms with Crippen LogP contribution >= 0.6 is 0 Å². The van der Waals surface area contributed by atoms with Crippen molar-refractivity contribution in [1.82, 2.24) is 0 Å². The molecule has 0 fully saturated rings. The molecular formula is C16H22O6. The van der Waals surface area contributed by atoms with Crippen LogP contribution in [0.2, 0.25) is 0 Å². The Labute approximate surface area is 130 Å². The molecule has 1 aromatic rings. The molecule has 0 unspecified atom stereocenters. The number of rotatable bonds is 11. The number of ether oxygens (including phenoxy) is 4. The van der Waals surface area contributed by atoms with Crippen molar-refractivity contribution in [3.05, 3.63) is 47.0 Å². The van der Waals surface area contributed by atoms with Gasteiger partial charge >= 0.3 is 5.97 Å². The first-order valence-corrected chi connectivity index (χ1v) is 6.76. The van der Waals surface area contributed by atoms with Crippen molar-refractivity contribution in [3.8, 4) is 0 Å². The molecule has 6 nitrogen and oxygen atoms in total. The zero-order valence-electron chi connectivity index (χ0n) is 13.0. The zero-order valence-corrected chi connectivity index (χ0v) is 13.0. The molecule has 0 saturated heterocycles. The Morgan fingerprint density at radius 2 is 1.64 bits per heavy atom.